The number of amides is 3. The lowest BCUT2D eigenvalue weighted by Crippen LogP contribution is -2.55. The van der Waals surface area contributed by atoms with Crippen LogP contribution in [0.25, 0.3) is 0 Å². The van der Waals surface area contributed by atoms with Crippen LogP contribution in [-0.2, 0) is 11.3 Å². The molecule has 0 radical (unpaired) electrons. The first kappa shape index (κ1) is 17.9. The van der Waals surface area contributed by atoms with Crippen molar-refractivity contribution in [3.05, 3.63) is 34.9 Å². The number of piperidine rings is 1. The van der Waals surface area contributed by atoms with Crippen LogP contribution in [-0.4, -0.2) is 46.9 Å². The van der Waals surface area contributed by atoms with E-state index in [9.17, 15) is 9.59 Å². The number of carbonyl (C=O) groups excluding carboxylic acids is 2. The molecule has 136 valence electrons. The normalized spacial score (nSPS) is 20.6. The van der Waals surface area contributed by atoms with Crippen molar-refractivity contribution < 1.29 is 9.59 Å². The number of rotatable bonds is 4. The maximum absolute atomic E-state index is 13.0. The van der Waals surface area contributed by atoms with Gasteiger partial charge < -0.3 is 10.2 Å². The molecule has 1 aromatic carbocycles. The van der Waals surface area contributed by atoms with Crippen molar-refractivity contribution in [2.24, 2.45) is 5.92 Å². The molecule has 5 heteroatoms. The second-order valence-corrected chi connectivity index (χ2v) is 8.03. The number of imide groups is 1. The Balaban J connectivity index is 1.70. The molecule has 3 rings (SSSR count). The predicted octanol–water partition coefficient (Wildman–Crippen LogP) is 2.85. The summed E-state index contributed by atoms with van der Waals surface area (Å²) < 4.78 is 0. The summed E-state index contributed by atoms with van der Waals surface area (Å²) in [5, 5.41) is 3.00. The standard InChI is InChI=1S/C20H29N3O2/c1-14(2)12-22-9-7-20(8-10-22)18(24)23(19(25)21-20)13-17-6-5-15(3)11-16(17)4/h5-6,11,14H,7-10,12-13H2,1-4H3,(H,21,25). The summed E-state index contributed by atoms with van der Waals surface area (Å²) in [4.78, 5) is 29.3. The van der Waals surface area contributed by atoms with Gasteiger partial charge in [-0.25, -0.2) is 4.79 Å². The first-order valence-corrected chi connectivity index (χ1v) is 9.23. The Morgan fingerprint density at radius 1 is 1.16 bits per heavy atom. The second-order valence-electron chi connectivity index (χ2n) is 8.03. The highest BCUT2D eigenvalue weighted by atomic mass is 16.2. The highest BCUT2D eigenvalue weighted by Crippen LogP contribution is 2.31. The van der Waals surface area contributed by atoms with Gasteiger partial charge in [-0.1, -0.05) is 37.6 Å². The molecule has 0 aromatic heterocycles. The Morgan fingerprint density at radius 3 is 2.44 bits per heavy atom. The van der Waals surface area contributed by atoms with Crippen molar-refractivity contribution in [2.45, 2.75) is 52.6 Å². The Hall–Kier alpha value is -1.88. The van der Waals surface area contributed by atoms with Gasteiger partial charge in [-0.2, -0.15) is 0 Å². The molecule has 0 bridgehead atoms. The van der Waals surface area contributed by atoms with E-state index in [0.29, 0.717) is 25.3 Å². The van der Waals surface area contributed by atoms with Crippen molar-refractivity contribution >= 4 is 11.9 Å². The van der Waals surface area contributed by atoms with Crippen molar-refractivity contribution in [2.75, 3.05) is 19.6 Å². The van der Waals surface area contributed by atoms with E-state index in [-0.39, 0.29) is 11.9 Å². The van der Waals surface area contributed by atoms with Crippen molar-refractivity contribution in [3.8, 4) is 0 Å². The van der Waals surface area contributed by atoms with Crippen LogP contribution < -0.4 is 5.32 Å². The summed E-state index contributed by atoms with van der Waals surface area (Å²) in [6.07, 6.45) is 1.40. The minimum Gasteiger partial charge on any atom is -0.323 e. The number of carbonyl (C=O) groups is 2. The van der Waals surface area contributed by atoms with Crippen LogP contribution in [0.2, 0.25) is 0 Å². The van der Waals surface area contributed by atoms with Gasteiger partial charge in [-0.05, 0) is 43.7 Å². The third kappa shape index (κ3) is 3.56. The average Bonchev–Trinajstić information content (AvgIpc) is 2.76. The zero-order valence-corrected chi connectivity index (χ0v) is 15.8. The third-order valence-electron chi connectivity index (χ3n) is 5.41. The van der Waals surface area contributed by atoms with Gasteiger partial charge >= 0.3 is 6.03 Å². The summed E-state index contributed by atoms with van der Waals surface area (Å²) in [6.45, 7) is 11.6. The number of hydrogen-bond acceptors (Lipinski definition) is 3. The molecule has 2 aliphatic heterocycles. The van der Waals surface area contributed by atoms with Crippen LogP contribution in [0.1, 0.15) is 43.4 Å². The minimum absolute atomic E-state index is 0.0540. The SMILES string of the molecule is Cc1ccc(CN2C(=O)NC3(CCN(CC(C)C)CC3)C2=O)c(C)c1. The van der Waals surface area contributed by atoms with E-state index in [1.54, 1.807) is 0 Å². The molecule has 2 fully saturated rings. The zero-order chi connectivity index (χ0) is 18.2. The topological polar surface area (TPSA) is 52.7 Å². The lowest BCUT2D eigenvalue weighted by atomic mass is 9.87. The average molecular weight is 343 g/mol. The molecule has 0 saturated carbocycles. The van der Waals surface area contributed by atoms with Crippen molar-refractivity contribution in [1.82, 2.24) is 15.1 Å². The van der Waals surface area contributed by atoms with E-state index < -0.39 is 5.54 Å². The van der Waals surface area contributed by atoms with Gasteiger partial charge in [0.1, 0.15) is 5.54 Å². The zero-order valence-electron chi connectivity index (χ0n) is 15.8. The molecule has 3 amide bonds. The monoisotopic (exact) mass is 343 g/mol. The Kier molecular flexibility index (Phi) is 4.87. The lowest BCUT2D eigenvalue weighted by molar-refractivity contribution is -0.133. The fraction of sp³-hybridized carbons (Fsp3) is 0.600. The highest BCUT2D eigenvalue weighted by molar-refractivity contribution is 6.07. The van der Waals surface area contributed by atoms with Gasteiger partial charge in [0, 0.05) is 19.6 Å². The number of hydrogen-bond donors (Lipinski definition) is 1. The summed E-state index contributed by atoms with van der Waals surface area (Å²) in [5.74, 6) is 0.561. The maximum Gasteiger partial charge on any atom is 0.325 e. The van der Waals surface area contributed by atoms with Crippen molar-refractivity contribution in [3.63, 3.8) is 0 Å². The van der Waals surface area contributed by atoms with E-state index in [1.165, 1.54) is 10.5 Å². The molecule has 2 heterocycles. The number of aryl methyl sites for hydroxylation is 2. The Labute approximate surface area is 150 Å². The molecule has 2 aliphatic rings. The Bertz CT molecular complexity index is 676. The third-order valence-corrected chi connectivity index (χ3v) is 5.41. The summed E-state index contributed by atoms with van der Waals surface area (Å²) in [6, 6.07) is 5.89. The number of likely N-dealkylation sites (tertiary alicyclic amines) is 1. The van der Waals surface area contributed by atoms with Gasteiger partial charge in [-0.15, -0.1) is 0 Å². The molecule has 5 nitrogen and oxygen atoms in total. The number of nitrogens with zero attached hydrogens (tertiary/aromatic N) is 2. The van der Waals surface area contributed by atoms with Gasteiger partial charge in [0.15, 0.2) is 0 Å². The molecule has 2 saturated heterocycles. The fourth-order valence-electron chi connectivity index (χ4n) is 3.99. The molecule has 1 N–H and O–H groups in total. The largest absolute Gasteiger partial charge is 0.325 e. The molecular formula is C20H29N3O2. The fourth-order valence-corrected chi connectivity index (χ4v) is 3.99. The summed E-state index contributed by atoms with van der Waals surface area (Å²) >= 11 is 0. The summed E-state index contributed by atoms with van der Waals surface area (Å²) in [7, 11) is 0. The van der Waals surface area contributed by atoms with Crippen LogP contribution in [0, 0.1) is 19.8 Å². The van der Waals surface area contributed by atoms with E-state index in [0.717, 1.165) is 30.8 Å². The molecular weight excluding hydrogens is 314 g/mol. The first-order chi connectivity index (χ1) is 11.8. The predicted molar refractivity (Wildman–Crippen MR) is 98.2 cm³/mol. The molecule has 25 heavy (non-hydrogen) atoms. The van der Waals surface area contributed by atoms with Crippen LogP contribution in [0.5, 0.6) is 0 Å². The Morgan fingerprint density at radius 2 is 1.84 bits per heavy atom. The molecule has 1 spiro atoms. The van der Waals surface area contributed by atoms with Gasteiger partial charge in [-0.3, -0.25) is 9.69 Å². The molecule has 0 unspecified atom stereocenters. The van der Waals surface area contributed by atoms with E-state index in [2.05, 4.69) is 30.1 Å². The molecule has 0 atom stereocenters. The van der Waals surface area contributed by atoms with E-state index in [4.69, 9.17) is 0 Å². The molecule has 0 aliphatic carbocycles. The quantitative estimate of drug-likeness (QED) is 0.855. The van der Waals surface area contributed by atoms with E-state index >= 15 is 0 Å². The minimum atomic E-state index is -0.691. The van der Waals surface area contributed by atoms with E-state index in [1.807, 2.05) is 26.0 Å². The lowest BCUT2D eigenvalue weighted by Gasteiger charge is -2.38. The van der Waals surface area contributed by atoms with Crippen LogP contribution in [0.15, 0.2) is 18.2 Å². The summed E-state index contributed by atoms with van der Waals surface area (Å²) in [5.41, 5.74) is 2.65. The van der Waals surface area contributed by atoms with Crippen molar-refractivity contribution in [1.29, 1.82) is 0 Å². The second kappa shape index (κ2) is 6.79. The number of benzene rings is 1. The van der Waals surface area contributed by atoms with Gasteiger partial charge in [0.25, 0.3) is 5.91 Å². The number of nitrogens with one attached hydrogen (secondary N) is 1. The highest BCUT2D eigenvalue weighted by Gasteiger charge is 2.52. The van der Waals surface area contributed by atoms with Crippen LogP contribution >= 0.6 is 0 Å². The number of urea groups is 1. The van der Waals surface area contributed by atoms with Crippen LogP contribution in [0.3, 0.4) is 0 Å². The maximum atomic E-state index is 13.0. The first-order valence-electron chi connectivity index (χ1n) is 9.23. The van der Waals surface area contributed by atoms with Gasteiger partial charge in [0.2, 0.25) is 0 Å². The van der Waals surface area contributed by atoms with Gasteiger partial charge in [0.05, 0.1) is 6.54 Å². The molecule has 1 aromatic rings. The van der Waals surface area contributed by atoms with Crippen LogP contribution in [0.4, 0.5) is 4.79 Å². The smallest absolute Gasteiger partial charge is 0.323 e.